The van der Waals surface area contributed by atoms with Crippen LogP contribution < -0.4 is 5.84 Å². The average molecular weight is 152 g/mol. The van der Waals surface area contributed by atoms with Gasteiger partial charge in [0.15, 0.2) is 0 Å². The third-order valence-corrected chi connectivity index (χ3v) is 1.23. The minimum Gasteiger partial charge on any atom is -0.270 e. The molecule has 0 saturated carbocycles. The minimum absolute atomic E-state index is 0.0648. The van der Waals surface area contributed by atoms with Crippen LogP contribution in [0.3, 0.4) is 0 Å². The minimum atomic E-state index is -0.620. The first-order valence-corrected chi connectivity index (χ1v) is 3.05. The number of nitrogens with two attached hydrogens (primary N) is 1. The lowest BCUT2D eigenvalue weighted by molar-refractivity contribution is -0.0595. The second kappa shape index (κ2) is 3.14. The van der Waals surface area contributed by atoms with Crippen molar-refractivity contribution in [1.29, 1.82) is 0 Å². The lowest BCUT2D eigenvalue weighted by Gasteiger charge is -2.06. The molecule has 1 rings (SSSR count). The molecule has 0 atom stereocenters. The fraction of sp³-hybridized carbons (Fsp3) is 0. The predicted octanol–water partition coefficient (Wildman–Crippen LogP) is 0.392. The molecule has 0 saturated heterocycles. The Balaban J connectivity index is 2.86. The van der Waals surface area contributed by atoms with Gasteiger partial charge in [0, 0.05) is 5.56 Å². The summed E-state index contributed by atoms with van der Waals surface area (Å²) in [5.74, 6) is 4.19. The zero-order valence-corrected chi connectivity index (χ0v) is 5.77. The number of hydrogen-bond acceptors (Lipinski definition) is 3. The fourth-order valence-corrected chi connectivity index (χ4v) is 0.713. The largest absolute Gasteiger partial charge is 0.292 e. The molecule has 0 radical (unpaired) electrons. The highest BCUT2D eigenvalue weighted by Gasteiger charge is 2.07. The third kappa shape index (κ3) is 1.76. The van der Waals surface area contributed by atoms with E-state index < -0.39 is 5.91 Å². The summed E-state index contributed by atoms with van der Waals surface area (Å²) < 4.78 is 0. The maximum atomic E-state index is 10.9. The van der Waals surface area contributed by atoms with Gasteiger partial charge >= 0.3 is 0 Å². The van der Waals surface area contributed by atoms with Crippen molar-refractivity contribution in [2.45, 2.75) is 0 Å². The van der Waals surface area contributed by atoms with Crippen LogP contribution in [0.4, 0.5) is 0 Å². The molecular formula is C7H8N2O2. The van der Waals surface area contributed by atoms with Gasteiger partial charge in [-0.05, 0) is 12.1 Å². The highest BCUT2D eigenvalue weighted by Crippen LogP contribution is 1.99. The number of hydrogen-bond donors (Lipinski definition) is 2. The smallest absolute Gasteiger partial charge is 0.270 e. The molecule has 0 aliphatic heterocycles. The molecule has 3 N–H and O–H groups in total. The van der Waals surface area contributed by atoms with Crippen LogP contribution in [0.5, 0.6) is 0 Å². The van der Waals surface area contributed by atoms with Gasteiger partial charge in [-0.15, -0.1) is 5.17 Å². The molecule has 0 aliphatic carbocycles. The van der Waals surface area contributed by atoms with Crippen LogP contribution in [0.2, 0.25) is 0 Å². The Hall–Kier alpha value is -1.39. The van der Waals surface area contributed by atoms with Crippen LogP contribution in [-0.4, -0.2) is 16.3 Å². The summed E-state index contributed by atoms with van der Waals surface area (Å²) >= 11 is 0. The van der Waals surface area contributed by atoms with Crippen LogP contribution in [0.25, 0.3) is 0 Å². The Bertz CT molecular complexity index is 246. The van der Waals surface area contributed by atoms with E-state index in [4.69, 9.17) is 11.0 Å². The second-order valence-corrected chi connectivity index (χ2v) is 2.02. The predicted molar refractivity (Wildman–Crippen MR) is 38.6 cm³/mol. The van der Waals surface area contributed by atoms with Crippen molar-refractivity contribution in [3.63, 3.8) is 0 Å². The van der Waals surface area contributed by atoms with Crippen molar-refractivity contribution >= 4 is 5.91 Å². The summed E-state index contributed by atoms with van der Waals surface area (Å²) in [6.07, 6.45) is 0. The second-order valence-electron chi connectivity index (χ2n) is 2.02. The van der Waals surface area contributed by atoms with Crippen molar-refractivity contribution in [1.82, 2.24) is 5.17 Å². The highest BCUT2D eigenvalue weighted by molar-refractivity contribution is 5.92. The average Bonchev–Trinajstić information content (AvgIpc) is 2.05. The third-order valence-electron chi connectivity index (χ3n) is 1.23. The van der Waals surface area contributed by atoms with E-state index in [2.05, 4.69) is 0 Å². The Morgan fingerprint density at radius 1 is 1.36 bits per heavy atom. The summed E-state index contributed by atoms with van der Waals surface area (Å²) in [5, 5.41) is 8.60. The molecule has 0 spiro atoms. The summed E-state index contributed by atoms with van der Waals surface area (Å²) in [6.45, 7) is 0. The molecule has 0 unspecified atom stereocenters. The molecule has 4 nitrogen and oxygen atoms in total. The van der Waals surface area contributed by atoms with Gasteiger partial charge in [-0.25, -0.2) is 5.84 Å². The van der Waals surface area contributed by atoms with Gasteiger partial charge in [0.05, 0.1) is 0 Å². The summed E-state index contributed by atoms with van der Waals surface area (Å²) in [6, 6.07) is 8.29. The number of nitrogens with zero attached hydrogens (tertiary/aromatic N) is 1. The Morgan fingerprint density at radius 3 is 2.36 bits per heavy atom. The van der Waals surface area contributed by atoms with E-state index in [-0.39, 0.29) is 5.17 Å². The summed E-state index contributed by atoms with van der Waals surface area (Å²) in [7, 11) is 0. The van der Waals surface area contributed by atoms with Crippen LogP contribution in [0.15, 0.2) is 30.3 Å². The SMILES string of the molecule is NN(O)C(=O)c1ccccc1. The van der Waals surface area contributed by atoms with E-state index in [9.17, 15) is 4.79 Å². The molecule has 58 valence electrons. The summed E-state index contributed by atoms with van der Waals surface area (Å²) in [5.41, 5.74) is 0.359. The molecule has 0 heterocycles. The van der Waals surface area contributed by atoms with E-state index in [0.29, 0.717) is 5.56 Å². The zero-order valence-electron chi connectivity index (χ0n) is 5.77. The van der Waals surface area contributed by atoms with Gasteiger partial charge in [-0.1, -0.05) is 18.2 Å². The van der Waals surface area contributed by atoms with Crippen LogP contribution in [0, 0.1) is 0 Å². The topological polar surface area (TPSA) is 66.6 Å². The zero-order chi connectivity index (χ0) is 8.27. The van der Waals surface area contributed by atoms with Crippen molar-refractivity contribution in [3.8, 4) is 0 Å². The van der Waals surface area contributed by atoms with Gasteiger partial charge in [-0.3, -0.25) is 10.0 Å². The molecule has 0 aliphatic rings. The molecular weight excluding hydrogens is 144 g/mol. The van der Waals surface area contributed by atoms with E-state index in [1.165, 1.54) is 0 Å². The first-order valence-electron chi connectivity index (χ1n) is 3.05. The van der Waals surface area contributed by atoms with Crippen molar-refractivity contribution in [3.05, 3.63) is 35.9 Å². The fourth-order valence-electron chi connectivity index (χ4n) is 0.713. The molecule has 0 bridgehead atoms. The van der Waals surface area contributed by atoms with Crippen LogP contribution in [0.1, 0.15) is 10.4 Å². The maximum absolute atomic E-state index is 10.9. The van der Waals surface area contributed by atoms with Crippen molar-refractivity contribution in [2.24, 2.45) is 5.84 Å². The Morgan fingerprint density at radius 2 is 1.91 bits per heavy atom. The number of amides is 1. The van der Waals surface area contributed by atoms with Gasteiger partial charge < -0.3 is 0 Å². The maximum Gasteiger partial charge on any atom is 0.292 e. The number of hydroxylamine groups is 1. The lowest BCUT2D eigenvalue weighted by Crippen LogP contribution is -2.33. The number of benzene rings is 1. The standard InChI is InChI=1S/C7H8N2O2/c8-9(11)7(10)6-4-2-1-3-5-6/h1-5,11H,8H2. The quantitative estimate of drug-likeness (QED) is 0.265. The molecule has 0 fully saturated rings. The molecule has 0 aromatic heterocycles. The normalized spacial score (nSPS) is 9.27. The number of carbonyl (C=O) groups excluding carboxylic acids is 1. The molecule has 1 aromatic carbocycles. The van der Waals surface area contributed by atoms with E-state index in [1.54, 1.807) is 30.3 Å². The molecule has 4 heteroatoms. The first kappa shape index (κ1) is 7.71. The van der Waals surface area contributed by atoms with Crippen molar-refractivity contribution in [2.75, 3.05) is 0 Å². The number of carbonyl (C=O) groups is 1. The van der Waals surface area contributed by atoms with Gasteiger partial charge in [0.25, 0.3) is 5.91 Å². The van der Waals surface area contributed by atoms with Gasteiger partial charge in [0.2, 0.25) is 0 Å². The van der Waals surface area contributed by atoms with Gasteiger partial charge in [0.1, 0.15) is 0 Å². The van der Waals surface area contributed by atoms with E-state index >= 15 is 0 Å². The molecule has 1 aromatic rings. The number of hydrazine groups is 1. The summed E-state index contributed by atoms with van der Waals surface area (Å²) in [4.78, 5) is 10.9. The molecule has 1 amide bonds. The van der Waals surface area contributed by atoms with Gasteiger partial charge in [-0.2, -0.15) is 0 Å². The Labute approximate surface area is 63.8 Å². The number of rotatable bonds is 1. The first-order chi connectivity index (χ1) is 5.22. The monoisotopic (exact) mass is 152 g/mol. The highest BCUT2D eigenvalue weighted by atomic mass is 16.5. The van der Waals surface area contributed by atoms with Crippen LogP contribution >= 0.6 is 0 Å². The van der Waals surface area contributed by atoms with Crippen LogP contribution in [-0.2, 0) is 0 Å². The lowest BCUT2D eigenvalue weighted by atomic mass is 10.2. The van der Waals surface area contributed by atoms with E-state index in [0.717, 1.165) is 0 Å². The Kier molecular flexibility index (Phi) is 2.20. The molecule has 11 heavy (non-hydrogen) atoms. The van der Waals surface area contributed by atoms with Crippen molar-refractivity contribution < 1.29 is 10.0 Å². The van der Waals surface area contributed by atoms with E-state index in [1.807, 2.05) is 0 Å².